The van der Waals surface area contributed by atoms with Crippen LogP contribution >= 0.6 is 0 Å². The average molecular weight is 290 g/mol. The molecule has 1 saturated carbocycles. The molecule has 1 atom stereocenters. The molecule has 0 saturated heterocycles. The number of aliphatic carboxylic acids is 1. The number of nitrogens with zero attached hydrogens (tertiary/aromatic N) is 1. The zero-order chi connectivity index (χ0) is 15.4. The molecule has 2 rings (SSSR count). The Hall–Kier alpha value is -1.88. The number of benzene rings is 1. The maximum absolute atomic E-state index is 12.1. The van der Waals surface area contributed by atoms with Crippen LogP contribution in [-0.2, 0) is 16.0 Å². The van der Waals surface area contributed by atoms with Crippen LogP contribution in [0.5, 0.6) is 0 Å². The number of hydrogen-bond acceptors (Lipinski definition) is 3. The van der Waals surface area contributed by atoms with Crippen molar-refractivity contribution in [3.8, 4) is 0 Å². The molecular weight excluding hydrogens is 268 g/mol. The van der Waals surface area contributed by atoms with Crippen molar-refractivity contribution in [2.75, 3.05) is 11.9 Å². The predicted molar refractivity (Wildman–Crippen MR) is 81.3 cm³/mol. The monoisotopic (exact) mass is 290 g/mol. The molecule has 1 aromatic rings. The third kappa shape index (κ3) is 4.29. The van der Waals surface area contributed by atoms with Gasteiger partial charge in [0.25, 0.3) is 0 Å². The SMILES string of the molecule is CCc1ccc(NC(=O)CN(C2CC2)C(C)C(=O)O)cc1. The van der Waals surface area contributed by atoms with Crippen LogP contribution in [-0.4, -0.2) is 40.5 Å². The molecular formula is C16H22N2O3. The van der Waals surface area contributed by atoms with Crippen LogP contribution in [0.3, 0.4) is 0 Å². The lowest BCUT2D eigenvalue weighted by Crippen LogP contribution is -2.44. The molecule has 1 aliphatic rings. The second-order valence-corrected chi connectivity index (χ2v) is 5.52. The lowest BCUT2D eigenvalue weighted by Gasteiger charge is -2.25. The number of carboxylic acid groups (broad SMARTS) is 1. The molecule has 21 heavy (non-hydrogen) atoms. The molecule has 0 radical (unpaired) electrons. The summed E-state index contributed by atoms with van der Waals surface area (Å²) in [6.07, 6.45) is 2.89. The normalized spacial score (nSPS) is 15.8. The molecule has 1 aromatic carbocycles. The Morgan fingerprint density at radius 2 is 1.95 bits per heavy atom. The predicted octanol–water partition coefficient (Wildman–Crippen LogP) is 2.12. The molecule has 0 aliphatic heterocycles. The fourth-order valence-corrected chi connectivity index (χ4v) is 2.32. The number of carbonyl (C=O) groups excluding carboxylic acids is 1. The fraction of sp³-hybridized carbons (Fsp3) is 0.500. The summed E-state index contributed by atoms with van der Waals surface area (Å²) in [5.41, 5.74) is 1.96. The summed E-state index contributed by atoms with van der Waals surface area (Å²) < 4.78 is 0. The van der Waals surface area contributed by atoms with Gasteiger partial charge in [-0.1, -0.05) is 19.1 Å². The molecule has 2 N–H and O–H groups in total. The minimum absolute atomic E-state index is 0.119. The Bertz CT molecular complexity index is 509. The smallest absolute Gasteiger partial charge is 0.320 e. The highest BCUT2D eigenvalue weighted by Crippen LogP contribution is 2.28. The maximum atomic E-state index is 12.1. The van der Waals surface area contributed by atoms with Gasteiger partial charge in [-0.25, -0.2) is 0 Å². The van der Waals surface area contributed by atoms with Crippen LogP contribution in [0.4, 0.5) is 5.69 Å². The van der Waals surface area contributed by atoms with Gasteiger partial charge in [0.1, 0.15) is 6.04 Å². The zero-order valence-electron chi connectivity index (χ0n) is 12.5. The Kier molecular flexibility index (Phi) is 4.96. The van der Waals surface area contributed by atoms with Gasteiger partial charge in [0, 0.05) is 11.7 Å². The van der Waals surface area contributed by atoms with Crippen LogP contribution in [0.15, 0.2) is 24.3 Å². The van der Waals surface area contributed by atoms with Crippen molar-refractivity contribution in [2.45, 2.75) is 45.2 Å². The summed E-state index contributed by atoms with van der Waals surface area (Å²) in [5.74, 6) is -1.05. The lowest BCUT2D eigenvalue weighted by molar-refractivity contribution is -0.143. The van der Waals surface area contributed by atoms with Crippen molar-refractivity contribution in [2.24, 2.45) is 0 Å². The van der Waals surface area contributed by atoms with Crippen LogP contribution in [0.1, 0.15) is 32.3 Å². The molecule has 1 aliphatic carbocycles. The molecule has 0 aromatic heterocycles. The van der Waals surface area contributed by atoms with E-state index < -0.39 is 12.0 Å². The second-order valence-electron chi connectivity index (χ2n) is 5.52. The van der Waals surface area contributed by atoms with Gasteiger partial charge in [-0.3, -0.25) is 14.5 Å². The first-order chi connectivity index (χ1) is 10.0. The molecule has 114 valence electrons. The fourth-order valence-electron chi connectivity index (χ4n) is 2.32. The van der Waals surface area contributed by atoms with E-state index in [-0.39, 0.29) is 18.5 Å². The molecule has 0 bridgehead atoms. The van der Waals surface area contributed by atoms with E-state index in [9.17, 15) is 9.59 Å². The number of anilines is 1. The third-order valence-corrected chi connectivity index (χ3v) is 3.84. The largest absolute Gasteiger partial charge is 0.480 e. The molecule has 1 unspecified atom stereocenters. The number of carboxylic acids is 1. The van der Waals surface area contributed by atoms with Crippen LogP contribution in [0.2, 0.25) is 0 Å². The van der Waals surface area contributed by atoms with Gasteiger partial charge in [-0.15, -0.1) is 0 Å². The summed E-state index contributed by atoms with van der Waals surface area (Å²) in [6.45, 7) is 3.83. The van der Waals surface area contributed by atoms with E-state index in [0.29, 0.717) is 0 Å². The highest BCUT2D eigenvalue weighted by atomic mass is 16.4. The summed E-state index contributed by atoms with van der Waals surface area (Å²) in [5, 5.41) is 11.9. The van der Waals surface area contributed by atoms with Gasteiger partial charge >= 0.3 is 5.97 Å². The Morgan fingerprint density at radius 1 is 1.33 bits per heavy atom. The summed E-state index contributed by atoms with van der Waals surface area (Å²) in [4.78, 5) is 25.0. The van der Waals surface area contributed by atoms with Crippen LogP contribution in [0, 0.1) is 0 Å². The molecule has 1 amide bonds. The van der Waals surface area contributed by atoms with Crippen molar-refractivity contribution in [3.05, 3.63) is 29.8 Å². The molecule has 5 nitrogen and oxygen atoms in total. The number of carbonyl (C=O) groups is 2. The highest BCUT2D eigenvalue weighted by molar-refractivity contribution is 5.92. The van der Waals surface area contributed by atoms with E-state index in [2.05, 4.69) is 12.2 Å². The Morgan fingerprint density at radius 3 is 2.43 bits per heavy atom. The van der Waals surface area contributed by atoms with Gasteiger partial charge in [-0.05, 0) is 43.9 Å². The summed E-state index contributed by atoms with van der Waals surface area (Å²) in [6, 6.07) is 7.30. The van der Waals surface area contributed by atoms with Gasteiger partial charge < -0.3 is 10.4 Å². The van der Waals surface area contributed by atoms with E-state index in [0.717, 1.165) is 24.9 Å². The van der Waals surface area contributed by atoms with Crippen molar-refractivity contribution in [1.29, 1.82) is 0 Å². The van der Waals surface area contributed by atoms with Crippen LogP contribution in [0.25, 0.3) is 0 Å². The van der Waals surface area contributed by atoms with Gasteiger partial charge in [0.15, 0.2) is 0 Å². The van der Waals surface area contributed by atoms with Crippen molar-refractivity contribution >= 4 is 17.6 Å². The first-order valence-corrected chi connectivity index (χ1v) is 7.38. The number of aryl methyl sites for hydroxylation is 1. The van der Waals surface area contributed by atoms with E-state index in [1.165, 1.54) is 5.56 Å². The van der Waals surface area contributed by atoms with E-state index >= 15 is 0 Å². The topological polar surface area (TPSA) is 69.6 Å². The Balaban J connectivity index is 1.94. The molecule has 0 heterocycles. The number of amides is 1. The lowest BCUT2D eigenvalue weighted by atomic mass is 10.1. The standard InChI is InChI=1S/C16H22N2O3/c1-3-12-4-6-13(7-5-12)17-15(19)10-18(14-8-9-14)11(2)16(20)21/h4-7,11,14H,3,8-10H2,1-2H3,(H,17,19)(H,20,21). The quantitative estimate of drug-likeness (QED) is 0.807. The number of rotatable bonds is 7. The minimum Gasteiger partial charge on any atom is -0.480 e. The molecule has 5 heteroatoms. The van der Waals surface area contributed by atoms with E-state index in [1.54, 1.807) is 11.8 Å². The van der Waals surface area contributed by atoms with Crippen molar-refractivity contribution in [1.82, 2.24) is 4.90 Å². The van der Waals surface area contributed by atoms with Crippen molar-refractivity contribution in [3.63, 3.8) is 0 Å². The summed E-state index contributed by atoms with van der Waals surface area (Å²) >= 11 is 0. The first-order valence-electron chi connectivity index (χ1n) is 7.38. The number of nitrogens with one attached hydrogen (secondary N) is 1. The zero-order valence-corrected chi connectivity index (χ0v) is 12.5. The summed E-state index contributed by atoms with van der Waals surface area (Å²) in [7, 11) is 0. The number of hydrogen-bond donors (Lipinski definition) is 2. The maximum Gasteiger partial charge on any atom is 0.320 e. The van der Waals surface area contributed by atoms with Crippen LogP contribution < -0.4 is 5.32 Å². The molecule has 1 fully saturated rings. The second kappa shape index (κ2) is 6.72. The van der Waals surface area contributed by atoms with Gasteiger partial charge in [0.2, 0.25) is 5.91 Å². The van der Waals surface area contributed by atoms with E-state index in [4.69, 9.17) is 5.11 Å². The van der Waals surface area contributed by atoms with Gasteiger partial charge in [0.05, 0.1) is 6.54 Å². The third-order valence-electron chi connectivity index (χ3n) is 3.84. The highest BCUT2D eigenvalue weighted by Gasteiger charge is 2.36. The molecule has 0 spiro atoms. The van der Waals surface area contributed by atoms with E-state index in [1.807, 2.05) is 24.3 Å². The first kappa shape index (κ1) is 15.5. The van der Waals surface area contributed by atoms with Gasteiger partial charge in [-0.2, -0.15) is 0 Å². The van der Waals surface area contributed by atoms with Crippen molar-refractivity contribution < 1.29 is 14.7 Å². The minimum atomic E-state index is -0.887. The average Bonchev–Trinajstić information content (AvgIpc) is 3.29. The Labute approximate surface area is 125 Å².